The van der Waals surface area contributed by atoms with Crippen LogP contribution >= 0.6 is 0 Å². The topological polar surface area (TPSA) is 41.3 Å². The van der Waals surface area contributed by atoms with E-state index in [1.165, 1.54) is 37.8 Å². The van der Waals surface area contributed by atoms with Gasteiger partial charge in [0.1, 0.15) is 0 Å². The lowest BCUT2D eigenvalue weighted by Crippen LogP contribution is -2.24. The molecule has 1 aromatic heterocycles. The Morgan fingerprint density at radius 1 is 1.22 bits per heavy atom. The molecule has 1 aromatic rings. The van der Waals surface area contributed by atoms with Crippen molar-refractivity contribution in [3.63, 3.8) is 0 Å². The summed E-state index contributed by atoms with van der Waals surface area (Å²) >= 11 is 0. The van der Waals surface area contributed by atoms with E-state index in [2.05, 4.69) is 14.5 Å². The van der Waals surface area contributed by atoms with Crippen molar-refractivity contribution in [3.8, 4) is 0 Å². The highest BCUT2D eigenvalue weighted by Crippen LogP contribution is 2.29. The van der Waals surface area contributed by atoms with Crippen LogP contribution in [0.25, 0.3) is 0 Å². The zero-order valence-electron chi connectivity index (χ0n) is 11.0. The molecule has 4 heteroatoms. The summed E-state index contributed by atoms with van der Waals surface area (Å²) in [4.78, 5) is 6.67. The highest BCUT2D eigenvalue weighted by atomic mass is 16.3. The quantitative estimate of drug-likeness (QED) is 0.890. The number of hydrogen-bond acceptors (Lipinski definition) is 3. The van der Waals surface area contributed by atoms with E-state index in [0.29, 0.717) is 6.04 Å². The van der Waals surface area contributed by atoms with Crippen LogP contribution in [0.3, 0.4) is 0 Å². The van der Waals surface area contributed by atoms with Gasteiger partial charge >= 0.3 is 0 Å². The van der Waals surface area contributed by atoms with E-state index in [4.69, 9.17) is 0 Å². The molecule has 0 unspecified atom stereocenters. The molecule has 3 rings (SSSR count). The van der Waals surface area contributed by atoms with Gasteiger partial charge in [0.15, 0.2) is 0 Å². The van der Waals surface area contributed by atoms with E-state index in [0.717, 1.165) is 26.1 Å². The number of aromatic nitrogens is 2. The third-order valence-electron chi connectivity index (χ3n) is 4.35. The van der Waals surface area contributed by atoms with Crippen molar-refractivity contribution in [1.29, 1.82) is 0 Å². The minimum atomic E-state index is -0.129. The van der Waals surface area contributed by atoms with Crippen molar-refractivity contribution in [2.45, 2.75) is 57.2 Å². The molecule has 1 aliphatic heterocycles. The molecule has 4 nitrogen and oxygen atoms in total. The Hall–Kier alpha value is -0.870. The van der Waals surface area contributed by atoms with Gasteiger partial charge in [0.05, 0.1) is 18.1 Å². The second-order valence-electron chi connectivity index (χ2n) is 5.76. The van der Waals surface area contributed by atoms with E-state index in [1.807, 2.05) is 12.5 Å². The monoisotopic (exact) mass is 249 g/mol. The van der Waals surface area contributed by atoms with Crippen LogP contribution in [-0.2, 0) is 6.54 Å². The Balaban J connectivity index is 1.67. The normalized spacial score (nSPS) is 26.8. The second kappa shape index (κ2) is 5.41. The lowest BCUT2D eigenvalue weighted by molar-refractivity contribution is 0.173. The van der Waals surface area contributed by atoms with Crippen molar-refractivity contribution in [1.82, 2.24) is 14.5 Å². The summed E-state index contributed by atoms with van der Waals surface area (Å²) in [5.41, 5.74) is 1.32. The van der Waals surface area contributed by atoms with E-state index >= 15 is 0 Å². The summed E-state index contributed by atoms with van der Waals surface area (Å²) in [6.45, 7) is 2.76. The average molecular weight is 249 g/mol. The predicted octanol–water partition coefficient (Wildman–Crippen LogP) is 1.95. The Kier molecular flexibility index (Phi) is 3.66. The van der Waals surface area contributed by atoms with E-state index in [1.54, 1.807) is 0 Å². The van der Waals surface area contributed by atoms with Crippen molar-refractivity contribution in [3.05, 3.63) is 18.2 Å². The van der Waals surface area contributed by atoms with E-state index in [-0.39, 0.29) is 6.10 Å². The summed E-state index contributed by atoms with van der Waals surface area (Å²) < 4.78 is 2.38. The molecule has 2 aliphatic rings. The molecule has 0 spiro atoms. The number of rotatable bonds is 3. The molecule has 0 bridgehead atoms. The van der Waals surface area contributed by atoms with Crippen LogP contribution in [0.5, 0.6) is 0 Å². The number of β-amino-alcohol motifs (C(OH)–C–C–N with tert-alkyl or cyclic N) is 1. The smallest absolute Gasteiger partial charge is 0.0951 e. The van der Waals surface area contributed by atoms with Gasteiger partial charge in [0.2, 0.25) is 0 Å². The minimum Gasteiger partial charge on any atom is -0.392 e. The predicted molar refractivity (Wildman–Crippen MR) is 70.2 cm³/mol. The van der Waals surface area contributed by atoms with Gasteiger partial charge in [-0.25, -0.2) is 4.98 Å². The minimum absolute atomic E-state index is 0.129. The molecular weight excluding hydrogens is 226 g/mol. The molecule has 2 fully saturated rings. The molecule has 1 aliphatic carbocycles. The number of nitrogens with zero attached hydrogens (tertiary/aromatic N) is 3. The molecule has 100 valence electrons. The highest BCUT2D eigenvalue weighted by Gasteiger charge is 2.23. The molecule has 1 saturated carbocycles. The van der Waals surface area contributed by atoms with Gasteiger partial charge in [-0.05, 0) is 19.3 Å². The second-order valence-corrected chi connectivity index (χ2v) is 5.76. The summed E-state index contributed by atoms with van der Waals surface area (Å²) in [6, 6.07) is 0.656. The third-order valence-corrected chi connectivity index (χ3v) is 4.35. The number of likely N-dealkylation sites (tertiary alicyclic amines) is 1. The molecule has 1 N–H and O–H groups in total. The summed E-state index contributed by atoms with van der Waals surface area (Å²) in [6.07, 6.45) is 11.5. The summed E-state index contributed by atoms with van der Waals surface area (Å²) in [5, 5.41) is 9.58. The van der Waals surface area contributed by atoms with Gasteiger partial charge in [-0.15, -0.1) is 0 Å². The standard InChI is InChI=1S/C14H23N3O/c18-14-6-7-16(10-14)9-13-8-15-11-17(13)12-4-2-1-3-5-12/h8,11-12,14,18H,1-7,9-10H2/t14-/m0/s1. The zero-order valence-corrected chi connectivity index (χ0v) is 11.0. The Morgan fingerprint density at radius 2 is 2.06 bits per heavy atom. The average Bonchev–Trinajstić information content (AvgIpc) is 3.00. The molecule has 0 aromatic carbocycles. The first-order valence-electron chi connectivity index (χ1n) is 7.24. The Labute approximate surface area is 109 Å². The van der Waals surface area contributed by atoms with Gasteiger partial charge in [-0.2, -0.15) is 0 Å². The van der Waals surface area contributed by atoms with Crippen LogP contribution in [0.15, 0.2) is 12.5 Å². The van der Waals surface area contributed by atoms with Crippen LogP contribution in [-0.4, -0.2) is 38.8 Å². The van der Waals surface area contributed by atoms with Gasteiger partial charge < -0.3 is 9.67 Å². The largest absolute Gasteiger partial charge is 0.392 e. The SMILES string of the molecule is O[C@H]1CCN(Cc2cncn2C2CCCCC2)C1. The fourth-order valence-electron chi connectivity index (χ4n) is 3.33. The number of imidazole rings is 1. The molecule has 2 heterocycles. The number of aliphatic hydroxyl groups is 1. The van der Waals surface area contributed by atoms with E-state index in [9.17, 15) is 5.11 Å². The fraction of sp³-hybridized carbons (Fsp3) is 0.786. The first kappa shape index (κ1) is 12.2. The van der Waals surface area contributed by atoms with Gasteiger partial charge in [0, 0.05) is 31.9 Å². The van der Waals surface area contributed by atoms with Crippen molar-refractivity contribution >= 4 is 0 Å². The van der Waals surface area contributed by atoms with Crippen LogP contribution in [0, 0.1) is 0 Å². The lowest BCUT2D eigenvalue weighted by atomic mass is 9.95. The maximum Gasteiger partial charge on any atom is 0.0951 e. The van der Waals surface area contributed by atoms with Crippen molar-refractivity contribution < 1.29 is 5.11 Å². The molecule has 1 saturated heterocycles. The van der Waals surface area contributed by atoms with Crippen LogP contribution in [0.1, 0.15) is 50.3 Å². The molecule has 0 radical (unpaired) electrons. The highest BCUT2D eigenvalue weighted by molar-refractivity contribution is 5.02. The molecule has 0 amide bonds. The summed E-state index contributed by atoms with van der Waals surface area (Å²) in [5.74, 6) is 0. The Bertz CT molecular complexity index is 384. The van der Waals surface area contributed by atoms with Gasteiger partial charge in [-0.3, -0.25) is 4.90 Å². The van der Waals surface area contributed by atoms with Crippen LogP contribution in [0.4, 0.5) is 0 Å². The third kappa shape index (κ3) is 2.59. The zero-order chi connectivity index (χ0) is 12.4. The van der Waals surface area contributed by atoms with Crippen LogP contribution in [0.2, 0.25) is 0 Å². The molecular formula is C14H23N3O. The van der Waals surface area contributed by atoms with Crippen LogP contribution < -0.4 is 0 Å². The number of hydrogen-bond donors (Lipinski definition) is 1. The van der Waals surface area contributed by atoms with Gasteiger partial charge in [0.25, 0.3) is 0 Å². The molecule has 18 heavy (non-hydrogen) atoms. The first-order valence-corrected chi connectivity index (χ1v) is 7.24. The van der Waals surface area contributed by atoms with Crippen molar-refractivity contribution in [2.24, 2.45) is 0 Å². The lowest BCUT2D eigenvalue weighted by Gasteiger charge is -2.26. The summed E-state index contributed by atoms with van der Waals surface area (Å²) in [7, 11) is 0. The van der Waals surface area contributed by atoms with Crippen molar-refractivity contribution in [2.75, 3.05) is 13.1 Å². The fourth-order valence-corrected chi connectivity index (χ4v) is 3.33. The maximum atomic E-state index is 9.58. The number of aliphatic hydroxyl groups excluding tert-OH is 1. The van der Waals surface area contributed by atoms with E-state index < -0.39 is 0 Å². The Morgan fingerprint density at radius 3 is 2.78 bits per heavy atom. The maximum absolute atomic E-state index is 9.58. The van der Waals surface area contributed by atoms with Gasteiger partial charge in [-0.1, -0.05) is 19.3 Å². The molecule has 1 atom stereocenters. The first-order chi connectivity index (χ1) is 8.83.